The number of hydrogen-bond donors (Lipinski definition) is 0. The molecule has 1 rings (SSSR count). The van der Waals surface area contributed by atoms with E-state index in [4.69, 9.17) is 5.26 Å². The van der Waals surface area contributed by atoms with Gasteiger partial charge in [-0.15, -0.1) is 0 Å². The quantitative estimate of drug-likeness (QED) is 0.561. The van der Waals surface area contributed by atoms with Crippen LogP contribution in [0.5, 0.6) is 0 Å². The largest absolute Gasteiger partial charge is 0.264 e. The molecule has 5 heteroatoms. The lowest BCUT2D eigenvalue weighted by atomic mass is 10.4. The molecule has 4 nitrogen and oxygen atoms in total. The average Bonchev–Trinajstić information content (AvgIpc) is 2.27. The van der Waals surface area contributed by atoms with Gasteiger partial charge in [-0.1, -0.05) is 18.2 Å². The van der Waals surface area contributed by atoms with Crippen molar-refractivity contribution in [3.63, 3.8) is 0 Å². The fourth-order valence-electron chi connectivity index (χ4n) is 1.04. The Labute approximate surface area is 88.8 Å². The molecule has 0 atom stereocenters. The number of nitriles is 1. The Balaban J connectivity index is 3.27. The summed E-state index contributed by atoms with van der Waals surface area (Å²) in [5.41, 5.74) is 0. The van der Waals surface area contributed by atoms with Crippen molar-refractivity contribution in [2.75, 3.05) is 6.54 Å². The van der Waals surface area contributed by atoms with Crippen molar-refractivity contribution in [1.82, 2.24) is 0 Å². The van der Waals surface area contributed by atoms with Crippen molar-refractivity contribution in [3.8, 4) is 6.07 Å². The fourth-order valence-corrected chi connectivity index (χ4v) is 2.19. The second kappa shape index (κ2) is 4.71. The van der Waals surface area contributed by atoms with Crippen molar-refractivity contribution >= 4 is 14.9 Å². The van der Waals surface area contributed by atoms with Crippen molar-refractivity contribution in [3.05, 3.63) is 30.3 Å². The van der Waals surface area contributed by atoms with Gasteiger partial charge in [0.25, 0.3) is 0 Å². The Morgan fingerprint density at radius 3 is 2.47 bits per heavy atom. The standard InChI is InChI=1S/C10H10N2O2S/c1-2-12-10(8-11)15(13,14)9-6-4-3-5-7-9/h3-7H,2H2,1H3. The Morgan fingerprint density at radius 1 is 1.40 bits per heavy atom. The maximum atomic E-state index is 11.8. The summed E-state index contributed by atoms with van der Waals surface area (Å²) in [6, 6.07) is 9.41. The highest BCUT2D eigenvalue weighted by Crippen LogP contribution is 2.11. The summed E-state index contributed by atoms with van der Waals surface area (Å²) in [5.74, 6) is 0. The molecule has 1 aromatic carbocycles. The predicted octanol–water partition coefficient (Wildman–Crippen LogP) is 1.40. The first-order valence-electron chi connectivity index (χ1n) is 4.37. The third-order valence-corrected chi connectivity index (χ3v) is 3.33. The molecule has 0 aliphatic heterocycles. The van der Waals surface area contributed by atoms with Crippen LogP contribution in [-0.4, -0.2) is 20.0 Å². The van der Waals surface area contributed by atoms with E-state index in [-0.39, 0.29) is 11.4 Å². The molecule has 0 N–H and O–H groups in total. The zero-order valence-electron chi connectivity index (χ0n) is 8.21. The van der Waals surface area contributed by atoms with Gasteiger partial charge < -0.3 is 0 Å². The average molecular weight is 222 g/mol. The highest BCUT2D eigenvalue weighted by atomic mass is 32.2. The summed E-state index contributed by atoms with van der Waals surface area (Å²) in [4.78, 5) is 3.75. The van der Waals surface area contributed by atoms with Gasteiger partial charge in [0, 0.05) is 6.54 Å². The van der Waals surface area contributed by atoms with Crippen LogP contribution in [0.15, 0.2) is 40.2 Å². The predicted molar refractivity (Wildman–Crippen MR) is 57.2 cm³/mol. The molecule has 0 aromatic heterocycles. The SMILES string of the molecule is CCN=C(C#N)S(=O)(=O)c1ccccc1. The lowest BCUT2D eigenvalue weighted by Gasteiger charge is -2.00. The Bertz CT molecular complexity index is 498. The number of benzene rings is 1. The van der Waals surface area contributed by atoms with Crippen LogP contribution in [0, 0.1) is 11.3 Å². The molecular weight excluding hydrogens is 212 g/mol. The van der Waals surface area contributed by atoms with E-state index in [1.807, 2.05) is 0 Å². The minimum atomic E-state index is -3.72. The maximum absolute atomic E-state index is 11.8. The maximum Gasteiger partial charge on any atom is 0.233 e. The molecule has 0 amide bonds. The molecule has 78 valence electrons. The molecular formula is C10H10N2O2S. The van der Waals surface area contributed by atoms with Crippen molar-refractivity contribution in [2.24, 2.45) is 4.99 Å². The van der Waals surface area contributed by atoms with Gasteiger partial charge in [0.2, 0.25) is 14.9 Å². The fraction of sp³-hybridized carbons (Fsp3) is 0.200. The topological polar surface area (TPSA) is 70.3 Å². The molecule has 0 unspecified atom stereocenters. The molecule has 1 aromatic rings. The summed E-state index contributed by atoms with van der Waals surface area (Å²) >= 11 is 0. The molecule has 0 saturated heterocycles. The van der Waals surface area contributed by atoms with E-state index in [9.17, 15) is 8.42 Å². The summed E-state index contributed by atoms with van der Waals surface area (Å²) in [7, 11) is -3.72. The van der Waals surface area contributed by atoms with Gasteiger partial charge in [-0.3, -0.25) is 4.99 Å². The van der Waals surface area contributed by atoms with Gasteiger partial charge >= 0.3 is 0 Å². The van der Waals surface area contributed by atoms with E-state index in [0.717, 1.165) is 0 Å². The van der Waals surface area contributed by atoms with Gasteiger partial charge in [-0.05, 0) is 19.1 Å². The van der Waals surface area contributed by atoms with Crippen molar-refractivity contribution < 1.29 is 8.42 Å². The summed E-state index contributed by atoms with van der Waals surface area (Å²) in [6.07, 6.45) is 0. The summed E-state index contributed by atoms with van der Waals surface area (Å²) in [6.45, 7) is 1.95. The number of rotatable bonds is 2. The third kappa shape index (κ3) is 2.42. The molecule has 0 saturated carbocycles. The lowest BCUT2D eigenvalue weighted by Crippen LogP contribution is -2.13. The number of hydrogen-bond acceptors (Lipinski definition) is 4. The Hall–Kier alpha value is -1.67. The first-order chi connectivity index (χ1) is 7.12. The minimum Gasteiger partial charge on any atom is -0.264 e. The number of nitrogens with zero attached hydrogens (tertiary/aromatic N) is 2. The first kappa shape index (κ1) is 11.4. The number of sulfone groups is 1. The van der Waals surface area contributed by atoms with Crippen LogP contribution < -0.4 is 0 Å². The lowest BCUT2D eigenvalue weighted by molar-refractivity contribution is 0.607. The van der Waals surface area contributed by atoms with Crippen LogP contribution in [-0.2, 0) is 9.84 Å². The van der Waals surface area contributed by atoms with Gasteiger partial charge in [0.05, 0.1) is 4.90 Å². The minimum absolute atomic E-state index is 0.0961. The Kier molecular flexibility index (Phi) is 3.58. The van der Waals surface area contributed by atoms with Gasteiger partial charge in [0.1, 0.15) is 6.07 Å². The third-order valence-electron chi connectivity index (χ3n) is 1.71. The highest BCUT2D eigenvalue weighted by molar-refractivity contribution is 8.07. The monoisotopic (exact) mass is 222 g/mol. The summed E-state index contributed by atoms with van der Waals surface area (Å²) in [5, 5.41) is 8.26. The second-order valence-corrected chi connectivity index (χ2v) is 4.57. The molecule has 0 spiro atoms. The molecule has 15 heavy (non-hydrogen) atoms. The van der Waals surface area contributed by atoms with E-state index in [0.29, 0.717) is 0 Å². The van der Waals surface area contributed by atoms with Crippen LogP contribution in [0.2, 0.25) is 0 Å². The van der Waals surface area contributed by atoms with E-state index < -0.39 is 14.9 Å². The van der Waals surface area contributed by atoms with Crippen LogP contribution >= 0.6 is 0 Å². The zero-order chi connectivity index (χ0) is 11.3. The molecule has 0 fully saturated rings. The highest BCUT2D eigenvalue weighted by Gasteiger charge is 2.21. The zero-order valence-corrected chi connectivity index (χ0v) is 9.03. The van der Waals surface area contributed by atoms with E-state index in [2.05, 4.69) is 4.99 Å². The Morgan fingerprint density at radius 2 is 2.00 bits per heavy atom. The normalized spacial score (nSPS) is 12.1. The van der Waals surface area contributed by atoms with Crippen LogP contribution in [0.1, 0.15) is 6.92 Å². The molecule has 0 aliphatic rings. The van der Waals surface area contributed by atoms with Gasteiger partial charge in [0.15, 0.2) is 0 Å². The molecule has 0 heterocycles. The van der Waals surface area contributed by atoms with Crippen LogP contribution in [0.25, 0.3) is 0 Å². The van der Waals surface area contributed by atoms with E-state index in [1.165, 1.54) is 12.1 Å². The molecule has 0 radical (unpaired) electrons. The van der Waals surface area contributed by atoms with Crippen molar-refractivity contribution in [1.29, 1.82) is 5.26 Å². The van der Waals surface area contributed by atoms with Gasteiger partial charge in [-0.2, -0.15) is 5.26 Å². The number of aliphatic imine (C=N–C) groups is 1. The molecule has 0 aliphatic carbocycles. The van der Waals surface area contributed by atoms with Crippen LogP contribution in [0.4, 0.5) is 0 Å². The van der Waals surface area contributed by atoms with E-state index in [1.54, 1.807) is 31.2 Å². The second-order valence-electron chi connectivity index (χ2n) is 2.71. The molecule has 0 bridgehead atoms. The van der Waals surface area contributed by atoms with Crippen LogP contribution in [0.3, 0.4) is 0 Å². The smallest absolute Gasteiger partial charge is 0.233 e. The van der Waals surface area contributed by atoms with Crippen molar-refractivity contribution in [2.45, 2.75) is 11.8 Å². The van der Waals surface area contributed by atoms with Gasteiger partial charge in [-0.25, -0.2) is 8.42 Å². The summed E-state index contributed by atoms with van der Waals surface area (Å²) < 4.78 is 23.6. The van der Waals surface area contributed by atoms with E-state index >= 15 is 0 Å². The first-order valence-corrected chi connectivity index (χ1v) is 5.86.